The van der Waals surface area contributed by atoms with Crippen molar-refractivity contribution in [2.45, 2.75) is 52.1 Å². The number of carbonyl (C=O) groups excluding carboxylic acids is 1. The summed E-state index contributed by atoms with van der Waals surface area (Å²) in [6.45, 7) is 7.67. The Morgan fingerprint density at radius 1 is 1.29 bits per heavy atom. The first-order chi connectivity index (χ1) is 7.74. The second kappa shape index (κ2) is 7.62. The zero-order valence-electron chi connectivity index (χ0n) is 11.0. The van der Waals surface area contributed by atoms with Gasteiger partial charge < -0.3 is 10.6 Å². The zero-order valence-corrected chi connectivity index (χ0v) is 11.0. The lowest BCUT2D eigenvalue weighted by Gasteiger charge is -2.40. The van der Waals surface area contributed by atoms with Crippen molar-refractivity contribution in [1.29, 1.82) is 0 Å². The summed E-state index contributed by atoms with van der Waals surface area (Å²) in [5.74, 6) is 0.599. The number of hydrogen-bond acceptors (Lipinski definition) is 2. The van der Waals surface area contributed by atoms with Crippen LogP contribution in [-0.4, -0.2) is 22.5 Å². The number of rotatable bonds is 1. The van der Waals surface area contributed by atoms with Crippen molar-refractivity contribution in [3.05, 3.63) is 12.7 Å². The minimum absolute atomic E-state index is 0. The van der Waals surface area contributed by atoms with Gasteiger partial charge in [0.1, 0.15) is 5.78 Å². The average molecular weight is 242 g/mol. The van der Waals surface area contributed by atoms with E-state index in [0.29, 0.717) is 12.2 Å². The van der Waals surface area contributed by atoms with E-state index in [0.717, 1.165) is 19.3 Å². The van der Waals surface area contributed by atoms with E-state index >= 15 is 0 Å². The van der Waals surface area contributed by atoms with E-state index in [-0.39, 0.29) is 29.3 Å². The van der Waals surface area contributed by atoms with Crippen LogP contribution in [-0.2, 0) is 4.79 Å². The molecule has 2 unspecified atom stereocenters. The Morgan fingerprint density at radius 3 is 2.47 bits per heavy atom. The molecule has 2 rings (SSSR count). The Labute approximate surface area is 104 Å². The van der Waals surface area contributed by atoms with E-state index < -0.39 is 0 Å². The van der Waals surface area contributed by atoms with E-state index in [1.54, 1.807) is 6.08 Å². The number of aliphatic hydroxyl groups excluding tert-OH is 1. The van der Waals surface area contributed by atoms with Gasteiger partial charge in [-0.1, -0.05) is 32.8 Å². The third kappa shape index (κ3) is 3.39. The molecule has 0 heterocycles. The first-order valence-electron chi connectivity index (χ1n) is 6.58. The maximum atomic E-state index is 12.0. The van der Waals surface area contributed by atoms with Crippen molar-refractivity contribution in [3.8, 4) is 0 Å². The van der Waals surface area contributed by atoms with Crippen molar-refractivity contribution in [3.63, 3.8) is 0 Å². The fourth-order valence-electron chi connectivity index (χ4n) is 3.01. The minimum atomic E-state index is -0.277. The van der Waals surface area contributed by atoms with Gasteiger partial charge in [0, 0.05) is 11.8 Å². The number of fused-ring (bicyclic) bond motifs is 1. The van der Waals surface area contributed by atoms with Gasteiger partial charge in [0.15, 0.2) is 0 Å². The van der Waals surface area contributed by atoms with Crippen LogP contribution in [0.15, 0.2) is 12.7 Å². The molecule has 0 bridgehead atoms. The van der Waals surface area contributed by atoms with Crippen LogP contribution in [0.1, 0.15) is 46.0 Å². The Balaban J connectivity index is 0.000000811. The molecule has 100 valence electrons. The van der Waals surface area contributed by atoms with Gasteiger partial charge in [0.25, 0.3) is 0 Å². The number of Topliss-reactive ketones (excluding diaryl/α,β-unsaturated/α-hetero) is 1. The van der Waals surface area contributed by atoms with Gasteiger partial charge in [-0.3, -0.25) is 4.79 Å². The second-order valence-electron chi connectivity index (χ2n) is 4.60. The molecule has 3 N–H and O–H groups in total. The van der Waals surface area contributed by atoms with Crippen molar-refractivity contribution in [1.82, 2.24) is 0 Å². The van der Waals surface area contributed by atoms with Crippen LogP contribution in [0.25, 0.3) is 0 Å². The summed E-state index contributed by atoms with van der Waals surface area (Å²) in [5.41, 5.74) is 0. The summed E-state index contributed by atoms with van der Waals surface area (Å²) in [5, 5.41) is 9.92. The topological polar surface area (TPSA) is 68.8 Å². The highest BCUT2D eigenvalue weighted by atomic mass is 16.3. The summed E-state index contributed by atoms with van der Waals surface area (Å²) >= 11 is 0. The molecular weight excluding hydrogens is 216 g/mol. The van der Waals surface area contributed by atoms with Gasteiger partial charge in [0.05, 0.1) is 6.10 Å². The molecule has 0 radical (unpaired) electrons. The molecule has 2 aliphatic carbocycles. The lowest BCUT2D eigenvalue weighted by atomic mass is 9.65. The lowest BCUT2D eigenvalue weighted by molar-refractivity contribution is -0.137. The van der Waals surface area contributed by atoms with Crippen LogP contribution in [0.3, 0.4) is 0 Å². The highest BCUT2D eigenvalue weighted by Crippen LogP contribution is 2.40. The van der Waals surface area contributed by atoms with Crippen LogP contribution in [0, 0.1) is 17.8 Å². The minimum Gasteiger partial charge on any atom is -0.412 e. The van der Waals surface area contributed by atoms with Gasteiger partial charge >= 0.3 is 0 Å². The number of carbonyl (C=O) groups is 1. The molecule has 3 nitrogen and oxygen atoms in total. The van der Waals surface area contributed by atoms with Gasteiger partial charge in [-0.25, -0.2) is 0 Å². The van der Waals surface area contributed by atoms with E-state index in [1.165, 1.54) is 6.42 Å². The Morgan fingerprint density at radius 2 is 1.88 bits per heavy atom. The largest absolute Gasteiger partial charge is 0.412 e. The van der Waals surface area contributed by atoms with Crippen molar-refractivity contribution >= 4 is 5.78 Å². The monoisotopic (exact) mass is 242 g/mol. The standard InChI is InChI=1S/C12H18O2.C2H6.H2O/c1-2-8-7-11(13)9-5-3-4-6-10(9)12(8)14;1-2;/h2,8-11,13H,1,3-7H2;1-2H3;1H2/t8-,9?,10?,11+;;/m0../s1. The first-order valence-corrected chi connectivity index (χ1v) is 6.58. The summed E-state index contributed by atoms with van der Waals surface area (Å²) in [6.07, 6.45) is 6.35. The quantitative estimate of drug-likeness (QED) is 0.716. The third-order valence-corrected chi connectivity index (χ3v) is 3.82. The summed E-state index contributed by atoms with van der Waals surface area (Å²) in [4.78, 5) is 12.0. The van der Waals surface area contributed by atoms with Crippen molar-refractivity contribution in [2.24, 2.45) is 17.8 Å². The molecule has 0 aromatic heterocycles. The van der Waals surface area contributed by atoms with E-state index in [9.17, 15) is 9.90 Å². The molecule has 17 heavy (non-hydrogen) atoms. The molecule has 2 aliphatic rings. The second-order valence-corrected chi connectivity index (χ2v) is 4.60. The number of ketones is 1. The number of hydrogen-bond donors (Lipinski definition) is 1. The normalized spacial score (nSPS) is 35.8. The summed E-state index contributed by atoms with van der Waals surface area (Å²) in [7, 11) is 0. The van der Waals surface area contributed by atoms with E-state index in [2.05, 4.69) is 6.58 Å². The molecule has 0 spiro atoms. The average Bonchev–Trinajstić information content (AvgIpc) is 2.36. The molecular formula is C14H26O3. The Bertz CT molecular complexity index is 250. The fraction of sp³-hybridized carbons (Fsp3) is 0.786. The number of aliphatic hydroxyl groups is 1. The molecule has 4 atom stereocenters. The molecule has 2 fully saturated rings. The van der Waals surface area contributed by atoms with Gasteiger partial charge in [-0.15, -0.1) is 6.58 Å². The molecule has 0 saturated heterocycles. The van der Waals surface area contributed by atoms with Crippen LogP contribution in [0.2, 0.25) is 0 Å². The molecule has 3 heteroatoms. The Kier molecular flexibility index (Phi) is 7.32. The SMILES string of the molecule is C=C[C@H]1C[C@@H](O)C2CCCCC2C1=O.CC.O. The van der Waals surface area contributed by atoms with E-state index in [1.807, 2.05) is 13.8 Å². The predicted molar refractivity (Wildman–Crippen MR) is 69.7 cm³/mol. The van der Waals surface area contributed by atoms with E-state index in [4.69, 9.17) is 0 Å². The van der Waals surface area contributed by atoms with Crippen LogP contribution in [0.4, 0.5) is 0 Å². The molecule has 0 aromatic rings. The molecule has 0 amide bonds. The number of allylic oxidation sites excluding steroid dienone is 1. The van der Waals surface area contributed by atoms with Crippen LogP contribution < -0.4 is 0 Å². The maximum Gasteiger partial charge on any atom is 0.143 e. The Hall–Kier alpha value is -0.670. The molecule has 2 saturated carbocycles. The molecule has 0 aliphatic heterocycles. The molecule has 0 aromatic carbocycles. The van der Waals surface area contributed by atoms with Gasteiger partial charge in [0.2, 0.25) is 0 Å². The zero-order chi connectivity index (χ0) is 12.1. The van der Waals surface area contributed by atoms with Crippen molar-refractivity contribution < 1.29 is 15.4 Å². The third-order valence-electron chi connectivity index (χ3n) is 3.82. The first kappa shape index (κ1) is 16.3. The highest BCUT2D eigenvalue weighted by molar-refractivity contribution is 5.86. The van der Waals surface area contributed by atoms with Crippen molar-refractivity contribution in [2.75, 3.05) is 0 Å². The summed E-state index contributed by atoms with van der Waals surface area (Å²) in [6, 6.07) is 0. The fourth-order valence-corrected chi connectivity index (χ4v) is 3.01. The summed E-state index contributed by atoms with van der Waals surface area (Å²) < 4.78 is 0. The smallest absolute Gasteiger partial charge is 0.143 e. The predicted octanol–water partition coefficient (Wildman–Crippen LogP) is 2.13. The van der Waals surface area contributed by atoms with Crippen LogP contribution >= 0.6 is 0 Å². The maximum absolute atomic E-state index is 12.0. The lowest BCUT2D eigenvalue weighted by Crippen LogP contribution is -2.44. The van der Waals surface area contributed by atoms with Gasteiger partial charge in [-0.2, -0.15) is 0 Å². The highest BCUT2D eigenvalue weighted by Gasteiger charge is 2.42. The van der Waals surface area contributed by atoms with Crippen LogP contribution in [0.5, 0.6) is 0 Å². The van der Waals surface area contributed by atoms with Gasteiger partial charge in [-0.05, 0) is 25.2 Å².